The van der Waals surface area contributed by atoms with Gasteiger partial charge in [-0.05, 0) is 40.5 Å². The van der Waals surface area contributed by atoms with Gasteiger partial charge in [-0.3, -0.25) is 9.36 Å². The second-order valence-corrected chi connectivity index (χ2v) is 8.45. The fourth-order valence-electron chi connectivity index (χ4n) is 3.74. The van der Waals surface area contributed by atoms with Crippen LogP contribution in [0.1, 0.15) is 57.8 Å². The van der Waals surface area contributed by atoms with Crippen molar-refractivity contribution in [2.75, 3.05) is 6.54 Å². The minimum atomic E-state index is -0.530. The van der Waals surface area contributed by atoms with Crippen molar-refractivity contribution in [1.82, 2.24) is 19.1 Å². The van der Waals surface area contributed by atoms with Crippen molar-refractivity contribution in [3.05, 3.63) is 33.9 Å². The summed E-state index contributed by atoms with van der Waals surface area (Å²) in [6.07, 6.45) is 1.33. The quantitative estimate of drug-likeness (QED) is 0.792. The number of carbonyl (C=O) groups excluding carboxylic acids is 1. The van der Waals surface area contributed by atoms with E-state index in [-0.39, 0.29) is 30.0 Å². The lowest BCUT2D eigenvalue weighted by Gasteiger charge is -2.38. The Kier molecular flexibility index (Phi) is 5.20. The molecule has 0 N–H and O–H groups in total. The van der Waals surface area contributed by atoms with Crippen LogP contribution in [0.3, 0.4) is 0 Å². The molecule has 1 aliphatic rings. The van der Waals surface area contributed by atoms with Crippen LogP contribution >= 0.6 is 0 Å². The number of amides is 1. The largest absolute Gasteiger partial charge is 0.444 e. The Hall–Kier alpha value is -2.82. The van der Waals surface area contributed by atoms with Crippen LogP contribution in [0.15, 0.2) is 16.9 Å². The smallest absolute Gasteiger partial charge is 0.410 e. The molecule has 150 valence electrons. The molecule has 0 spiro atoms. The summed E-state index contributed by atoms with van der Waals surface area (Å²) in [7, 11) is 1.70. The highest BCUT2D eigenvalue weighted by Gasteiger charge is 2.33. The van der Waals surface area contributed by atoms with E-state index in [2.05, 4.69) is 11.2 Å². The van der Waals surface area contributed by atoms with E-state index in [0.717, 1.165) is 18.5 Å². The average molecular weight is 385 g/mol. The molecule has 0 aromatic carbocycles. The maximum Gasteiger partial charge on any atom is 0.410 e. The first kappa shape index (κ1) is 19.9. The fourth-order valence-corrected chi connectivity index (χ4v) is 3.74. The highest BCUT2D eigenvalue weighted by molar-refractivity contribution is 5.68. The highest BCUT2D eigenvalue weighted by Crippen LogP contribution is 2.32. The number of aryl methyl sites for hydroxylation is 1. The summed E-state index contributed by atoms with van der Waals surface area (Å²) < 4.78 is 8.82. The van der Waals surface area contributed by atoms with Gasteiger partial charge in [-0.25, -0.2) is 9.31 Å². The van der Waals surface area contributed by atoms with Crippen LogP contribution in [0.5, 0.6) is 0 Å². The van der Waals surface area contributed by atoms with Crippen molar-refractivity contribution < 1.29 is 9.53 Å². The number of nitriles is 1. The van der Waals surface area contributed by atoms with Crippen LogP contribution in [0.4, 0.5) is 4.79 Å². The molecule has 2 aromatic rings. The molecule has 0 aliphatic carbocycles. The van der Waals surface area contributed by atoms with Gasteiger partial charge in [0.05, 0.1) is 23.9 Å². The summed E-state index contributed by atoms with van der Waals surface area (Å²) >= 11 is 0. The van der Waals surface area contributed by atoms with Crippen molar-refractivity contribution in [3.63, 3.8) is 0 Å². The van der Waals surface area contributed by atoms with Crippen LogP contribution in [-0.2, 0) is 18.2 Å². The minimum absolute atomic E-state index is 0.0122. The Morgan fingerprint density at radius 3 is 2.71 bits per heavy atom. The number of hydrogen-bond acceptors (Lipinski definition) is 5. The van der Waals surface area contributed by atoms with Gasteiger partial charge in [0.15, 0.2) is 0 Å². The number of likely N-dealkylation sites (tertiary alicyclic amines) is 1. The molecule has 1 amide bonds. The van der Waals surface area contributed by atoms with E-state index >= 15 is 0 Å². The fraction of sp³-hybridized carbons (Fsp3) is 0.600. The van der Waals surface area contributed by atoms with Crippen molar-refractivity contribution >= 4 is 11.7 Å². The summed E-state index contributed by atoms with van der Waals surface area (Å²) in [5.74, 6) is 0.0972. The second kappa shape index (κ2) is 7.30. The number of rotatable bonds is 2. The summed E-state index contributed by atoms with van der Waals surface area (Å²) in [6, 6.07) is 5.50. The Morgan fingerprint density at radius 1 is 1.39 bits per heavy atom. The third-order valence-electron chi connectivity index (χ3n) is 5.11. The monoisotopic (exact) mass is 385 g/mol. The van der Waals surface area contributed by atoms with Crippen LogP contribution in [0, 0.1) is 11.3 Å². The summed E-state index contributed by atoms with van der Waals surface area (Å²) in [6.45, 7) is 8.13. The molecule has 1 aliphatic heterocycles. The molecule has 0 bridgehead atoms. The van der Waals surface area contributed by atoms with Crippen LogP contribution in [0.25, 0.3) is 5.65 Å². The third-order valence-corrected chi connectivity index (χ3v) is 5.11. The van der Waals surface area contributed by atoms with Gasteiger partial charge in [0.2, 0.25) is 0 Å². The minimum Gasteiger partial charge on any atom is -0.444 e. The zero-order chi connectivity index (χ0) is 20.6. The van der Waals surface area contributed by atoms with Gasteiger partial charge < -0.3 is 9.64 Å². The van der Waals surface area contributed by atoms with Gasteiger partial charge >= 0.3 is 6.09 Å². The number of nitrogens with zero attached hydrogens (tertiary/aromatic N) is 5. The van der Waals surface area contributed by atoms with Gasteiger partial charge in [0, 0.05) is 37.7 Å². The summed E-state index contributed by atoms with van der Waals surface area (Å²) in [5, 5.41) is 13.5. The third kappa shape index (κ3) is 3.88. The average Bonchev–Trinajstić information content (AvgIpc) is 3.01. The molecule has 1 fully saturated rings. The lowest BCUT2D eigenvalue weighted by Crippen LogP contribution is -2.46. The van der Waals surface area contributed by atoms with Gasteiger partial charge in [-0.1, -0.05) is 0 Å². The molecule has 3 heterocycles. The van der Waals surface area contributed by atoms with Crippen molar-refractivity contribution in [3.8, 4) is 6.07 Å². The number of fused-ring (bicyclic) bond motifs is 1. The SMILES string of the molecule is C[C@@H]1CC(c2cc(=O)n(C)c3cc(CC#N)nn23)CCN1C(=O)OC(C)(C)C. The van der Waals surface area contributed by atoms with E-state index in [1.165, 1.54) is 4.57 Å². The van der Waals surface area contributed by atoms with E-state index in [1.54, 1.807) is 28.6 Å². The topological polar surface area (TPSA) is 92.6 Å². The second-order valence-electron chi connectivity index (χ2n) is 8.45. The van der Waals surface area contributed by atoms with Gasteiger partial charge in [0.1, 0.15) is 11.2 Å². The normalized spacial score (nSPS) is 20.2. The molecule has 1 saturated heterocycles. The number of piperidine rings is 1. The number of aromatic nitrogens is 3. The molecule has 2 aromatic heterocycles. The maximum atomic E-state index is 12.5. The predicted octanol–water partition coefficient (Wildman–Crippen LogP) is 2.60. The number of ether oxygens (including phenoxy) is 1. The summed E-state index contributed by atoms with van der Waals surface area (Å²) in [4.78, 5) is 26.7. The van der Waals surface area contributed by atoms with Crippen LogP contribution in [0.2, 0.25) is 0 Å². The molecule has 0 saturated carbocycles. The Balaban J connectivity index is 1.89. The first-order valence-electron chi connectivity index (χ1n) is 9.56. The molecule has 1 unspecified atom stereocenters. The zero-order valence-corrected chi connectivity index (χ0v) is 17.1. The van der Waals surface area contributed by atoms with E-state index in [4.69, 9.17) is 10.00 Å². The van der Waals surface area contributed by atoms with Gasteiger partial charge in [-0.15, -0.1) is 0 Å². The van der Waals surface area contributed by atoms with E-state index < -0.39 is 5.60 Å². The Morgan fingerprint density at radius 2 is 2.11 bits per heavy atom. The van der Waals surface area contributed by atoms with E-state index in [9.17, 15) is 9.59 Å². The molecule has 8 heteroatoms. The van der Waals surface area contributed by atoms with Crippen molar-refractivity contribution in [2.45, 2.75) is 64.5 Å². The zero-order valence-electron chi connectivity index (χ0n) is 17.1. The molecule has 8 nitrogen and oxygen atoms in total. The molecular formula is C20H27N5O3. The molecular weight excluding hydrogens is 358 g/mol. The molecule has 0 radical (unpaired) electrons. The number of carbonyl (C=O) groups is 1. The van der Waals surface area contributed by atoms with Gasteiger partial charge in [-0.2, -0.15) is 10.4 Å². The molecule has 28 heavy (non-hydrogen) atoms. The molecule has 3 rings (SSSR count). The van der Waals surface area contributed by atoms with Crippen molar-refractivity contribution in [2.24, 2.45) is 7.05 Å². The van der Waals surface area contributed by atoms with Gasteiger partial charge in [0.25, 0.3) is 5.56 Å². The van der Waals surface area contributed by atoms with Crippen LogP contribution < -0.4 is 5.56 Å². The lowest BCUT2D eigenvalue weighted by molar-refractivity contribution is 0.0102. The lowest BCUT2D eigenvalue weighted by atomic mass is 9.89. The standard InChI is InChI=1S/C20H27N5O3/c1-13-10-14(7-9-24(13)19(27)28-20(2,3)4)16-12-18(26)23(5)17-11-15(6-8-21)22-25(16)17/h11-14H,6-7,9-10H2,1-5H3/t13-,14?/m1/s1. The Labute approximate surface area is 164 Å². The van der Waals surface area contributed by atoms with E-state index in [1.807, 2.05) is 27.7 Å². The van der Waals surface area contributed by atoms with E-state index in [0.29, 0.717) is 17.9 Å². The van der Waals surface area contributed by atoms with Crippen LogP contribution in [-0.4, -0.2) is 43.4 Å². The van der Waals surface area contributed by atoms with Crippen molar-refractivity contribution in [1.29, 1.82) is 5.26 Å². The highest BCUT2D eigenvalue weighted by atomic mass is 16.6. The predicted molar refractivity (Wildman–Crippen MR) is 104 cm³/mol. The molecule has 2 atom stereocenters. The maximum absolute atomic E-state index is 12.5. The number of hydrogen-bond donors (Lipinski definition) is 0. The Bertz CT molecular complexity index is 992. The first-order valence-corrected chi connectivity index (χ1v) is 9.56. The first-order chi connectivity index (χ1) is 13.1. The summed E-state index contributed by atoms with van der Waals surface area (Å²) in [5.41, 5.74) is 1.52.